The maximum atomic E-state index is 13.0. The first-order valence-electron chi connectivity index (χ1n) is 7.14. The highest BCUT2D eigenvalue weighted by atomic mass is 19.4. The molecule has 1 amide bonds. The zero-order valence-electron chi connectivity index (χ0n) is 13.7. The summed E-state index contributed by atoms with van der Waals surface area (Å²) in [6.07, 6.45) is -2.42. The van der Waals surface area contributed by atoms with Gasteiger partial charge in [-0.05, 0) is 12.1 Å². The fraction of sp³-hybridized carbons (Fsp3) is 0.400. The highest BCUT2D eigenvalue weighted by Crippen LogP contribution is 2.25. The average Bonchev–Trinajstić information content (AvgIpc) is 2.53. The first-order chi connectivity index (χ1) is 11.5. The smallest absolute Gasteiger partial charge is 0.404 e. The van der Waals surface area contributed by atoms with Crippen LogP contribution in [0.4, 0.5) is 23.2 Å². The zero-order valence-corrected chi connectivity index (χ0v) is 13.7. The number of aromatic nitrogens is 1. The van der Waals surface area contributed by atoms with Crippen LogP contribution in [0.1, 0.15) is 19.5 Å². The van der Waals surface area contributed by atoms with E-state index < -0.39 is 36.3 Å². The lowest BCUT2D eigenvalue weighted by Gasteiger charge is -2.19. The molecule has 0 aliphatic heterocycles. The van der Waals surface area contributed by atoms with Crippen molar-refractivity contribution in [2.45, 2.75) is 25.4 Å². The summed E-state index contributed by atoms with van der Waals surface area (Å²) in [6.45, 7) is 1.10. The van der Waals surface area contributed by atoms with Crippen molar-refractivity contribution in [2.75, 3.05) is 13.2 Å². The normalized spacial score (nSPS) is 13.7. The number of nitrogens with one attached hydrogen (secondary N) is 1. The van der Waals surface area contributed by atoms with Crippen molar-refractivity contribution in [1.29, 1.82) is 0 Å². The molecule has 1 aromatic heterocycles. The van der Waals surface area contributed by atoms with Gasteiger partial charge in [-0.25, -0.2) is 4.99 Å². The van der Waals surface area contributed by atoms with Crippen molar-refractivity contribution < 1.29 is 22.4 Å². The lowest BCUT2D eigenvalue weighted by Crippen LogP contribution is -2.38. The summed E-state index contributed by atoms with van der Waals surface area (Å²) >= 11 is 0. The van der Waals surface area contributed by atoms with Gasteiger partial charge < -0.3 is 16.8 Å². The third-order valence-electron chi connectivity index (χ3n) is 3.16. The number of hydrogen-bond donors (Lipinski definition) is 3. The van der Waals surface area contributed by atoms with Crippen LogP contribution in [-0.4, -0.2) is 36.1 Å². The number of pyridine rings is 1. The molecule has 1 heterocycles. The number of aliphatic imine (C=N–C) groups is 1. The van der Waals surface area contributed by atoms with Crippen LogP contribution < -0.4 is 16.8 Å². The number of hydrogen-bond acceptors (Lipinski definition) is 4. The van der Waals surface area contributed by atoms with E-state index in [-0.39, 0.29) is 11.5 Å². The van der Waals surface area contributed by atoms with Crippen molar-refractivity contribution >= 4 is 17.4 Å². The molecule has 0 saturated carbocycles. The molecule has 0 radical (unpaired) electrons. The molecule has 0 unspecified atom stereocenters. The van der Waals surface area contributed by atoms with Gasteiger partial charge in [0.05, 0.1) is 17.0 Å². The number of rotatable bonds is 6. The van der Waals surface area contributed by atoms with Gasteiger partial charge in [-0.15, -0.1) is 0 Å². The lowest BCUT2D eigenvalue weighted by atomic mass is 9.90. The van der Waals surface area contributed by atoms with E-state index in [0.29, 0.717) is 5.69 Å². The molecule has 0 aliphatic carbocycles. The topological polar surface area (TPSA) is 106 Å². The van der Waals surface area contributed by atoms with Crippen LogP contribution in [0.15, 0.2) is 35.1 Å². The van der Waals surface area contributed by atoms with E-state index in [4.69, 9.17) is 11.5 Å². The van der Waals surface area contributed by atoms with E-state index in [0.717, 1.165) is 6.20 Å². The minimum absolute atomic E-state index is 0.256. The van der Waals surface area contributed by atoms with Gasteiger partial charge in [-0.2, -0.15) is 13.2 Å². The fourth-order valence-corrected chi connectivity index (χ4v) is 1.68. The second-order valence-electron chi connectivity index (χ2n) is 5.79. The molecular formula is C15H19F4N5O. The van der Waals surface area contributed by atoms with Gasteiger partial charge in [-0.1, -0.05) is 13.8 Å². The van der Waals surface area contributed by atoms with E-state index in [1.54, 1.807) is 19.2 Å². The SMILES string of the molecule is CC(C)(CF)c1cc(N=C(N)/C(=C\N)C(=O)NCC(F)(F)F)ccn1. The molecule has 0 bridgehead atoms. The minimum atomic E-state index is -4.57. The Morgan fingerprint density at radius 1 is 1.40 bits per heavy atom. The van der Waals surface area contributed by atoms with Crippen LogP contribution in [0.5, 0.6) is 0 Å². The summed E-state index contributed by atoms with van der Waals surface area (Å²) in [7, 11) is 0. The Hall–Kier alpha value is -2.65. The van der Waals surface area contributed by atoms with Crippen LogP contribution in [0, 0.1) is 0 Å². The first-order valence-corrected chi connectivity index (χ1v) is 7.14. The van der Waals surface area contributed by atoms with Gasteiger partial charge in [0.2, 0.25) is 0 Å². The largest absolute Gasteiger partial charge is 0.405 e. The van der Waals surface area contributed by atoms with Crippen molar-refractivity contribution in [2.24, 2.45) is 16.5 Å². The van der Waals surface area contributed by atoms with Crippen LogP contribution in [0.25, 0.3) is 0 Å². The Labute approximate surface area is 142 Å². The average molecular weight is 361 g/mol. The molecular weight excluding hydrogens is 342 g/mol. The maximum Gasteiger partial charge on any atom is 0.405 e. The molecule has 10 heteroatoms. The molecule has 25 heavy (non-hydrogen) atoms. The number of halogens is 4. The van der Waals surface area contributed by atoms with Crippen molar-refractivity contribution in [3.63, 3.8) is 0 Å². The van der Waals surface area contributed by atoms with Gasteiger partial charge in [0.25, 0.3) is 5.91 Å². The fourth-order valence-electron chi connectivity index (χ4n) is 1.68. The summed E-state index contributed by atoms with van der Waals surface area (Å²) in [4.78, 5) is 19.7. The number of nitrogens with two attached hydrogens (primary N) is 2. The Balaban J connectivity index is 3.02. The molecule has 0 atom stereocenters. The number of carbonyl (C=O) groups excluding carboxylic acids is 1. The molecule has 5 N–H and O–H groups in total. The third-order valence-corrected chi connectivity index (χ3v) is 3.16. The number of amidine groups is 1. The summed E-state index contributed by atoms with van der Waals surface area (Å²) in [5.74, 6) is -1.49. The summed E-state index contributed by atoms with van der Waals surface area (Å²) in [6, 6.07) is 2.92. The lowest BCUT2D eigenvalue weighted by molar-refractivity contribution is -0.136. The van der Waals surface area contributed by atoms with Gasteiger partial charge >= 0.3 is 6.18 Å². The van der Waals surface area contributed by atoms with Gasteiger partial charge in [0.1, 0.15) is 19.1 Å². The summed E-state index contributed by atoms with van der Waals surface area (Å²) < 4.78 is 49.5. The molecule has 0 aromatic carbocycles. The Morgan fingerprint density at radius 2 is 2.04 bits per heavy atom. The molecule has 6 nitrogen and oxygen atoms in total. The number of amides is 1. The molecule has 138 valence electrons. The van der Waals surface area contributed by atoms with Gasteiger partial charge in [0.15, 0.2) is 0 Å². The van der Waals surface area contributed by atoms with Crippen molar-refractivity contribution in [1.82, 2.24) is 10.3 Å². The maximum absolute atomic E-state index is 13.0. The van der Waals surface area contributed by atoms with Gasteiger partial charge in [0, 0.05) is 17.8 Å². The zero-order chi connectivity index (χ0) is 19.3. The van der Waals surface area contributed by atoms with Crippen LogP contribution in [-0.2, 0) is 10.2 Å². The van der Waals surface area contributed by atoms with E-state index in [9.17, 15) is 22.4 Å². The second-order valence-corrected chi connectivity index (χ2v) is 5.79. The second kappa shape index (κ2) is 7.95. The number of alkyl halides is 4. The van der Waals surface area contributed by atoms with E-state index >= 15 is 0 Å². The van der Waals surface area contributed by atoms with E-state index in [1.165, 1.54) is 18.3 Å². The van der Waals surface area contributed by atoms with Crippen LogP contribution >= 0.6 is 0 Å². The number of carbonyl (C=O) groups is 1. The Morgan fingerprint density at radius 3 is 2.56 bits per heavy atom. The van der Waals surface area contributed by atoms with Crippen LogP contribution in [0.3, 0.4) is 0 Å². The molecule has 0 aliphatic rings. The highest BCUT2D eigenvalue weighted by Gasteiger charge is 2.29. The predicted molar refractivity (Wildman–Crippen MR) is 85.9 cm³/mol. The monoisotopic (exact) mass is 361 g/mol. The molecule has 1 rings (SSSR count). The molecule has 0 saturated heterocycles. The predicted octanol–water partition coefficient (Wildman–Crippen LogP) is 1.84. The molecule has 1 aromatic rings. The summed E-state index contributed by atoms with van der Waals surface area (Å²) in [5.41, 5.74) is 10.3. The van der Waals surface area contributed by atoms with E-state index in [1.807, 2.05) is 0 Å². The molecule has 0 spiro atoms. The number of nitrogens with zero attached hydrogens (tertiary/aromatic N) is 2. The summed E-state index contributed by atoms with van der Waals surface area (Å²) in [5, 5.41) is 1.65. The minimum Gasteiger partial charge on any atom is -0.404 e. The third kappa shape index (κ3) is 6.05. The Kier molecular flexibility index (Phi) is 6.49. The first kappa shape index (κ1) is 20.4. The molecule has 0 fully saturated rings. The van der Waals surface area contributed by atoms with Crippen molar-refractivity contribution in [3.05, 3.63) is 35.8 Å². The van der Waals surface area contributed by atoms with E-state index in [2.05, 4.69) is 9.98 Å². The highest BCUT2D eigenvalue weighted by molar-refractivity contribution is 6.20. The quantitative estimate of drug-likeness (QED) is 0.311. The standard InChI is InChI=1S/C15H19F4N5O/c1-14(2,7-16)11-5-9(3-4-22-11)24-12(21)10(6-20)13(25)23-8-15(17,18)19/h3-6H,7-8,20H2,1-2H3,(H,23,25)(H2,21,22,24)/b10-6+. The van der Waals surface area contributed by atoms with Crippen LogP contribution in [0.2, 0.25) is 0 Å². The van der Waals surface area contributed by atoms with Crippen molar-refractivity contribution in [3.8, 4) is 0 Å². The van der Waals surface area contributed by atoms with Gasteiger partial charge in [-0.3, -0.25) is 14.2 Å². The Bertz CT molecular complexity index is 683.